The lowest BCUT2D eigenvalue weighted by atomic mass is 10.2. The van der Waals surface area contributed by atoms with Crippen LogP contribution in [0.4, 0.5) is 4.39 Å². The van der Waals surface area contributed by atoms with E-state index >= 15 is 0 Å². The third kappa shape index (κ3) is 1.29. The molecule has 0 amide bonds. The third-order valence-corrected chi connectivity index (χ3v) is 3.00. The van der Waals surface area contributed by atoms with E-state index in [1.165, 1.54) is 7.11 Å². The van der Waals surface area contributed by atoms with Gasteiger partial charge in [0.15, 0.2) is 5.82 Å². The van der Waals surface area contributed by atoms with Gasteiger partial charge in [-0.3, -0.25) is 0 Å². The van der Waals surface area contributed by atoms with E-state index in [0.717, 1.165) is 4.47 Å². The maximum atomic E-state index is 13.6. The first-order valence-electron chi connectivity index (χ1n) is 3.83. The zero-order valence-electron chi connectivity index (χ0n) is 7.20. The molecule has 1 aromatic carbocycles. The van der Waals surface area contributed by atoms with Crippen molar-refractivity contribution in [3.63, 3.8) is 0 Å². The molecule has 0 saturated heterocycles. The van der Waals surface area contributed by atoms with Crippen LogP contribution in [-0.2, 0) is 0 Å². The van der Waals surface area contributed by atoms with Crippen molar-refractivity contribution in [2.75, 3.05) is 7.11 Å². The molecule has 2 rings (SSSR count). The molecule has 5 heteroatoms. The Morgan fingerprint density at radius 2 is 2.29 bits per heavy atom. The minimum absolute atomic E-state index is 0.00523. The number of hydrogen-bond acceptors (Lipinski definition) is 1. The molecule has 0 fully saturated rings. The van der Waals surface area contributed by atoms with Crippen LogP contribution >= 0.6 is 27.5 Å². The number of halogens is 3. The second-order valence-electron chi connectivity index (χ2n) is 2.77. The number of aromatic amines is 1. The maximum absolute atomic E-state index is 13.6. The second-order valence-corrected chi connectivity index (χ2v) is 4.00. The Morgan fingerprint density at radius 1 is 1.57 bits per heavy atom. The van der Waals surface area contributed by atoms with Gasteiger partial charge in [-0.25, -0.2) is 4.39 Å². The summed E-state index contributed by atoms with van der Waals surface area (Å²) in [4.78, 5) is 2.79. The first kappa shape index (κ1) is 9.80. The monoisotopic (exact) mass is 277 g/mol. The summed E-state index contributed by atoms with van der Waals surface area (Å²) in [6.45, 7) is 0. The van der Waals surface area contributed by atoms with Gasteiger partial charge < -0.3 is 9.72 Å². The fraction of sp³-hybridized carbons (Fsp3) is 0.111. The second kappa shape index (κ2) is 3.44. The van der Waals surface area contributed by atoms with Crippen LogP contribution in [0.5, 0.6) is 5.75 Å². The molecule has 0 aliphatic heterocycles. The van der Waals surface area contributed by atoms with Crippen molar-refractivity contribution < 1.29 is 9.13 Å². The molecule has 0 saturated carbocycles. The molecule has 0 aliphatic rings. The lowest BCUT2D eigenvalue weighted by Gasteiger charge is -2.04. The summed E-state index contributed by atoms with van der Waals surface area (Å²) in [7, 11) is 1.45. The van der Waals surface area contributed by atoms with E-state index in [0.29, 0.717) is 16.7 Å². The van der Waals surface area contributed by atoms with Gasteiger partial charge in [-0.05, 0) is 22.0 Å². The molecular formula is C9H6BrClFNO. The van der Waals surface area contributed by atoms with E-state index in [-0.39, 0.29) is 5.02 Å². The molecule has 14 heavy (non-hydrogen) atoms. The standard InChI is InChI=1S/C9H6BrClFNO/c1-14-6-2-4-5(10)3-13-9(4)8(12)7(6)11/h2-3,13H,1H3. The summed E-state index contributed by atoms with van der Waals surface area (Å²) in [5.74, 6) is -0.163. The van der Waals surface area contributed by atoms with Crippen LogP contribution in [0.25, 0.3) is 10.9 Å². The van der Waals surface area contributed by atoms with Crippen molar-refractivity contribution >= 4 is 38.4 Å². The van der Waals surface area contributed by atoms with Crippen LogP contribution in [0.15, 0.2) is 16.7 Å². The van der Waals surface area contributed by atoms with Crippen LogP contribution in [0, 0.1) is 5.82 Å². The third-order valence-electron chi connectivity index (χ3n) is 1.99. The number of aromatic nitrogens is 1. The van der Waals surface area contributed by atoms with Crippen LogP contribution in [0.1, 0.15) is 0 Å². The Hall–Kier alpha value is -0.740. The molecule has 0 bridgehead atoms. The highest BCUT2D eigenvalue weighted by Gasteiger charge is 2.14. The van der Waals surface area contributed by atoms with E-state index in [1.807, 2.05) is 0 Å². The van der Waals surface area contributed by atoms with E-state index in [4.69, 9.17) is 16.3 Å². The number of H-pyrrole nitrogens is 1. The molecule has 0 unspecified atom stereocenters. The number of ether oxygens (including phenoxy) is 1. The number of fused-ring (bicyclic) bond motifs is 1. The summed E-state index contributed by atoms with van der Waals surface area (Å²) in [6, 6.07) is 1.68. The van der Waals surface area contributed by atoms with Gasteiger partial charge in [0.05, 0.1) is 12.6 Å². The zero-order chi connectivity index (χ0) is 10.3. The molecule has 0 radical (unpaired) electrons. The van der Waals surface area contributed by atoms with Gasteiger partial charge in [0.2, 0.25) is 0 Å². The number of benzene rings is 1. The van der Waals surface area contributed by atoms with Crippen LogP contribution < -0.4 is 4.74 Å². The lowest BCUT2D eigenvalue weighted by molar-refractivity contribution is 0.412. The molecule has 74 valence electrons. The number of hydrogen-bond donors (Lipinski definition) is 1. The van der Waals surface area contributed by atoms with Crippen molar-refractivity contribution in [1.82, 2.24) is 4.98 Å². The zero-order valence-corrected chi connectivity index (χ0v) is 9.54. The van der Waals surface area contributed by atoms with E-state index in [1.54, 1.807) is 12.3 Å². The molecule has 1 N–H and O–H groups in total. The fourth-order valence-corrected chi connectivity index (χ4v) is 1.95. The van der Waals surface area contributed by atoms with Crippen molar-refractivity contribution in [2.45, 2.75) is 0 Å². The number of methoxy groups -OCH3 is 1. The van der Waals surface area contributed by atoms with E-state index < -0.39 is 5.82 Å². The van der Waals surface area contributed by atoms with Crippen LogP contribution in [-0.4, -0.2) is 12.1 Å². The van der Waals surface area contributed by atoms with Gasteiger partial charge in [-0.15, -0.1) is 0 Å². The Morgan fingerprint density at radius 3 is 2.93 bits per heavy atom. The molecule has 1 aromatic heterocycles. The van der Waals surface area contributed by atoms with Gasteiger partial charge in [0.25, 0.3) is 0 Å². The van der Waals surface area contributed by atoms with Crippen molar-refractivity contribution in [3.8, 4) is 5.75 Å². The van der Waals surface area contributed by atoms with Gasteiger partial charge in [-0.2, -0.15) is 0 Å². The van der Waals surface area contributed by atoms with Gasteiger partial charge in [0, 0.05) is 16.1 Å². The highest BCUT2D eigenvalue weighted by atomic mass is 79.9. The molecule has 0 aliphatic carbocycles. The van der Waals surface area contributed by atoms with E-state index in [2.05, 4.69) is 20.9 Å². The van der Waals surface area contributed by atoms with Gasteiger partial charge in [-0.1, -0.05) is 11.6 Å². The summed E-state index contributed by atoms with van der Waals surface area (Å²) in [5, 5.41) is 0.707. The molecular weight excluding hydrogens is 272 g/mol. The predicted octanol–water partition coefficient (Wildman–Crippen LogP) is 3.73. The Balaban J connectivity index is 2.87. The summed E-state index contributed by atoms with van der Waals surface area (Å²) < 4.78 is 19.3. The quantitative estimate of drug-likeness (QED) is 0.845. The van der Waals surface area contributed by atoms with Crippen molar-refractivity contribution in [1.29, 1.82) is 0 Å². The lowest BCUT2D eigenvalue weighted by Crippen LogP contribution is -1.88. The van der Waals surface area contributed by atoms with E-state index in [9.17, 15) is 4.39 Å². The average molecular weight is 279 g/mol. The summed E-state index contributed by atoms with van der Waals surface area (Å²) in [6.07, 6.45) is 1.66. The largest absolute Gasteiger partial charge is 0.495 e. The topological polar surface area (TPSA) is 25.0 Å². The molecule has 2 nitrogen and oxygen atoms in total. The fourth-order valence-electron chi connectivity index (χ4n) is 1.29. The maximum Gasteiger partial charge on any atom is 0.169 e. The molecule has 0 spiro atoms. The minimum Gasteiger partial charge on any atom is -0.495 e. The molecule has 2 aromatic rings. The normalized spacial score (nSPS) is 10.9. The highest BCUT2D eigenvalue weighted by Crippen LogP contribution is 2.36. The summed E-state index contributed by atoms with van der Waals surface area (Å²) >= 11 is 9.04. The number of nitrogens with one attached hydrogen (secondary N) is 1. The first-order valence-corrected chi connectivity index (χ1v) is 5.00. The van der Waals surface area contributed by atoms with Crippen LogP contribution in [0.2, 0.25) is 5.02 Å². The molecule has 0 atom stereocenters. The predicted molar refractivity (Wildman–Crippen MR) is 57.5 cm³/mol. The van der Waals surface area contributed by atoms with Gasteiger partial charge >= 0.3 is 0 Å². The van der Waals surface area contributed by atoms with Gasteiger partial charge in [0.1, 0.15) is 10.8 Å². The number of rotatable bonds is 1. The highest BCUT2D eigenvalue weighted by molar-refractivity contribution is 9.10. The molecule has 1 heterocycles. The Kier molecular flexibility index (Phi) is 2.41. The Bertz CT molecular complexity index is 497. The SMILES string of the molecule is COc1cc2c(Br)c[nH]c2c(F)c1Cl. The average Bonchev–Trinajstić information content (AvgIpc) is 2.54. The van der Waals surface area contributed by atoms with Crippen molar-refractivity contribution in [3.05, 3.63) is 27.6 Å². The minimum atomic E-state index is -0.494. The van der Waals surface area contributed by atoms with Crippen molar-refractivity contribution in [2.24, 2.45) is 0 Å². The van der Waals surface area contributed by atoms with Crippen LogP contribution in [0.3, 0.4) is 0 Å². The summed E-state index contributed by atoms with van der Waals surface area (Å²) in [5.41, 5.74) is 0.377. The Labute approximate surface area is 93.1 Å². The first-order chi connectivity index (χ1) is 6.65. The smallest absolute Gasteiger partial charge is 0.169 e.